The average molecular weight is 252 g/mol. The Kier molecular flexibility index (Phi) is 3.27. The van der Waals surface area contributed by atoms with Crippen molar-refractivity contribution in [2.24, 2.45) is 4.99 Å². The molecule has 0 saturated carbocycles. The molecule has 1 aliphatic heterocycles. The van der Waals surface area contributed by atoms with Crippen LogP contribution < -0.4 is 0 Å². The maximum atomic E-state index is 5.65. The molecule has 1 aliphatic rings. The zero-order valence-corrected chi connectivity index (χ0v) is 10.9. The van der Waals surface area contributed by atoms with Gasteiger partial charge in [-0.3, -0.25) is 4.98 Å². The summed E-state index contributed by atoms with van der Waals surface area (Å²) in [5, 5.41) is 0. The van der Waals surface area contributed by atoms with Crippen LogP contribution in [0.1, 0.15) is 16.8 Å². The summed E-state index contributed by atoms with van der Waals surface area (Å²) in [6.07, 6.45) is 2.75. The van der Waals surface area contributed by atoms with Crippen LogP contribution in [-0.4, -0.2) is 23.5 Å². The van der Waals surface area contributed by atoms with Crippen molar-refractivity contribution in [1.82, 2.24) is 4.98 Å². The molecule has 0 spiro atoms. The number of aryl methyl sites for hydroxylation is 1. The Morgan fingerprint density at radius 2 is 2.00 bits per heavy atom. The summed E-state index contributed by atoms with van der Waals surface area (Å²) in [6, 6.07) is 14.6. The van der Waals surface area contributed by atoms with Gasteiger partial charge in [0.05, 0.1) is 6.04 Å². The highest BCUT2D eigenvalue weighted by Crippen LogP contribution is 2.15. The molecule has 1 aromatic heterocycles. The number of hydrogen-bond acceptors (Lipinski definition) is 3. The monoisotopic (exact) mass is 252 g/mol. The van der Waals surface area contributed by atoms with Crippen molar-refractivity contribution in [3.63, 3.8) is 0 Å². The van der Waals surface area contributed by atoms with Crippen molar-refractivity contribution >= 4 is 5.90 Å². The van der Waals surface area contributed by atoms with Crippen molar-refractivity contribution in [1.29, 1.82) is 0 Å². The number of aromatic nitrogens is 1. The largest absolute Gasteiger partial charge is 0.474 e. The van der Waals surface area contributed by atoms with E-state index in [1.54, 1.807) is 0 Å². The lowest BCUT2D eigenvalue weighted by Crippen LogP contribution is -2.09. The lowest BCUT2D eigenvalue weighted by atomic mass is 10.1. The number of ether oxygens (including phenoxy) is 1. The molecule has 1 aromatic carbocycles. The van der Waals surface area contributed by atoms with Gasteiger partial charge in [-0.2, -0.15) is 0 Å². The number of benzene rings is 1. The van der Waals surface area contributed by atoms with E-state index in [1.165, 1.54) is 5.56 Å². The van der Waals surface area contributed by atoms with Gasteiger partial charge >= 0.3 is 0 Å². The second kappa shape index (κ2) is 5.22. The zero-order chi connectivity index (χ0) is 13.1. The van der Waals surface area contributed by atoms with Crippen LogP contribution in [0.3, 0.4) is 0 Å². The zero-order valence-electron chi connectivity index (χ0n) is 10.9. The molecule has 3 nitrogen and oxygen atoms in total. The van der Waals surface area contributed by atoms with E-state index in [1.807, 2.05) is 31.3 Å². The molecule has 96 valence electrons. The molecule has 19 heavy (non-hydrogen) atoms. The van der Waals surface area contributed by atoms with Crippen molar-refractivity contribution < 1.29 is 4.74 Å². The SMILES string of the molecule is Cc1ccc(C2=N[C@@H](Cc3ccccc3)CO2)nc1. The first-order chi connectivity index (χ1) is 9.31. The van der Waals surface area contributed by atoms with Crippen LogP contribution in [0.2, 0.25) is 0 Å². The second-order valence-electron chi connectivity index (χ2n) is 4.81. The van der Waals surface area contributed by atoms with Crippen LogP contribution in [0.5, 0.6) is 0 Å². The third kappa shape index (κ3) is 2.81. The number of rotatable bonds is 3. The number of pyridine rings is 1. The quantitative estimate of drug-likeness (QED) is 0.841. The number of aliphatic imine (C=N–C) groups is 1. The van der Waals surface area contributed by atoms with E-state index in [9.17, 15) is 0 Å². The minimum Gasteiger partial charge on any atom is -0.474 e. The molecular weight excluding hydrogens is 236 g/mol. The molecule has 0 fully saturated rings. The molecule has 0 radical (unpaired) electrons. The molecule has 1 atom stereocenters. The molecule has 0 unspecified atom stereocenters. The van der Waals surface area contributed by atoms with Crippen molar-refractivity contribution in [3.8, 4) is 0 Å². The average Bonchev–Trinajstić information content (AvgIpc) is 2.89. The Morgan fingerprint density at radius 3 is 2.74 bits per heavy atom. The van der Waals surface area contributed by atoms with Gasteiger partial charge in [-0.25, -0.2) is 4.99 Å². The fourth-order valence-corrected chi connectivity index (χ4v) is 2.14. The summed E-state index contributed by atoms with van der Waals surface area (Å²) >= 11 is 0. The first-order valence-electron chi connectivity index (χ1n) is 6.49. The standard InChI is InChI=1S/C16H16N2O/c1-12-7-8-15(17-10-12)16-18-14(11-19-16)9-13-5-3-2-4-6-13/h2-8,10,14H,9,11H2,1H3/t14-/m0/s1. The summed E-state index contributed by atoms with van der Waals surface area (Å²) in [5.41, 5.74) is 3.25. The maximum Gasteiger partial charge on any atom is 0.235 e. The highest BCUT2D eigenvalue weighted by atomic mass is 16.5. The second-order valence-corrected chi connectivity index (χ2v) is 4.81. The molecule has 0 amide bonds. The molecule has 2 aromatic rings. The van der Waals surface area contributed by atoms with Crippen LogP contribution in [-0.2, 0) is 11.2 Å². The van der Waals surface area contributed by atoms with E-state index >= 15 is 0 Å². The molecule has 0 saturated heterocycles. The molecule has 0 N–H and O–H groups in total. The van der Waals surface area contributed by atoms with Crippen LogP contribution in [0, 0.1) is 6.92 Å². The summed E-state index contributed by atoms with van der Waals surface area (Å²) in [4.78, 5) is 8.96. The van der Waals surface area contributed by atoms with Gasteiger partial charge in [-0.1, -0.05) is 36.4 Å². The first kappa shape index (κ1) is 11.9. The molecule has 0 aliphatic carbocycles. The summed E-state index contributed by atoms with van der Waals surface area (Å²) < 4.78 is 5.65. The molecular formula is C16H16N2O. The van der Waals surface area contributed by atoms with E-state index in [0.717, 1.165) is 17.7 Å². The lowest BCUT2D eigenvalue weighted by Gasteiger charge is -2.03. The lowest BCUT2D eigenvalue weighted by molar-refractivity contribution is 0.316. The van der Waals surface area contributed by atoms with E-state index < -0.39 is 0 Å². The minimum absolute atomic E-state index is 0.195. The summed E-state index contributed by atoms with van der Waals surface area (Å²) in [7, 11) is 0. The third-order valence-corrected chi connectivity index (χ3v) is 3.16. The van der Waals surface area contributed by atoms with Crippen molar-refractivity contribution in [2.75, 3.05) is 6.61 Å². The summed E-state index contributed by atoms with van der Waals surface area (Å²) in [5.74, 6) is 0.668. The minimum atomic E-state index is 0.195. The van der Waals surface area contributed by atoms with Gasteiger partial charge in [0, 0.05) is 6.20 Å². The highest BCUT2D eigenvalue weighted by molar-refractivity contribution is 5.93. The smallest absolute Gasteiger partial charge is 0.235 e. The fraction of sp³-hybridized carbons (Fsp3) is 0.250. The van der Waals surface area contributed by atoms with E-state index in [-0.39, 0.29) is 6.04 Å². The Labute approximate surface area is 113 Å². The Bertz CT molecular complexity index is 575. The van der Waals surface area contributed by atoms with E-state index in [2.05, 4.69) is 34.2 Å². The normalized spacial score (nSPS) is 17.9. The van der Waals surface area contributed by atoms with Crippen LogP contribution >= 0.6 is 0 Å². The van der Waals surface area contributed by atoms with Gasteiger partial charge < -0.3 is 4.74 Å². The van der Waals surface area contributed by atoms with Crippen LogP contribution in [0.4, 0.5) is 0 Å². The van der Waals surface area contributed by atoms with Crippen LogP contribution in [0.25, 0.3) is 0 Å². The van der Waals surface area contributed by atoms with Gasteiger partial charge in [-0.15, -0.1) is 0 Å². The van der Waals surface area contributed by atoms with Gasteiger partial charge in [0.1, 0.15) is 12.3 Å². The number of nitrogens with zero attached hydrogens (tertiary/aromatic N) is 2. The summed E-state index contributed by atoms with van der Waals surface area (Å²) in [6.45, 7) is 2.66. The Balaban J connectivity index is 1.72. The Morgan fingerprint density at radius 1 is 1.16 bits per heavy atom. The van der Waals surface area contributed by atoms with Gasteiger partial charge in [0.25, 0.3) is 0 Å². The Hall–Kier alpha value is -2.16. The van der Waals surface area contributed by atoms with Crippen molar-refractivity contribution in [2.45, 2.75) is 19.4 Å². The number of hydrogen-bond donors (Lipinski definition) is 0. The third-order valence-electron chi connectivity index (χ3n) is 3.16. The van der Waals surface area contributed by atoms with Crippen LogP contribution in [0.15, 0.2) is 53.7 Å². The topological polar surface area (TPSA) is 34.5 Å². The predicted octanol–water partition coefficient (Wildman–Crippen LogP) is 2.78. The highest BCUT2D eigenvalue weighted by Gasteiger charge is 2.20. The molecule has 3 heteroatoms. The van der Waals surface area contributed by atoms with Gasteiger partial charge in [0.15, 0.2) is 0 Å². The van der Waals surface area contributed by atoms with Gasteiger partial charge in [-0.05, 0) is 30.5 Å². The molecule has 3 rings (SSSR count). The molecule has 2 heterocycles. The fourth-order valence-electron chi connectivity index (χ4n) is 2.14. The van der Waals surface area contributed by atoms with E-state index in [0.29, 0.717) is 12.5 Å². The maximum absolute atomic E-state index is 5.65. The predicted molar refractivity (Wildman–Crippen MR) is 75.4 cm³/mol. The molecule has 0 bridgehead atoms. The first-order valence-corrected chi connectivity index (χ1v) is 6.49. The van der Waals surface area contributed by atoms with E-state index in [4.69, 9.17) is 4.74 Å². The van der Waals surface area contributed by atoms with Crippen molar-refractivity contribution in [3.05, 3.63) is 65.5 Å². The van der Waals surface area contributed by atoms with Gasteiger partial charge in [0.2, 0.25) is 5.90 Å².